The largest absolute Gasteiger partial charge is 0.383 e. The molecule has 6 aromatic rings. The molecule has 0 saturated carbocycles. The normalized spacial score (nSPS) is 21.2. The van der Waals surface area contributed by atoms with E-state index in [4.69, 9.17) is 4.98 Å². The number of dihydropyridines is 1. The molecule has 4 aliphatic rings. The summed E-state index contributed by atoms with van der Waals surface area (Å²) in [6.45, 7) is 0. The molecule has 5 nitrogen and oxygen atoms in total. The molecular formula is C43H27F2N3O2S. The second kappa shape index (κ2) is 11.0. The van der Waals surface area contributed by atoms with E-state index < -0.39 is 28.9 Å². The predicted molar refractivity (Wildman–Crippen MR) is 195 cm³/mol. The number of hydrogen-bond donors (Lipinski definition) is 2. The molecule has 3 heterocycles. The Kier molecular flexibility index (Phi) is 6.46. The number of ketones is 1. The van der Waals surface area contributed by atoms with Crippen LogP contribution in [0, 0.1) is 11.6 Å². The van der Waals surface area contributed by atoms with Gasteiger partial charge in [0.05, 0.1) is 17.2 Å². The fourth-order valence-corrected chi connectivity index (χ4v) is 9.60. The van der Waals surface area contributed by atoms with E-state index >= 15 is 0 Å². The van der Waals surface area contributed by atoms with E-state index in [-0.39, 0.29) is 22.7 Å². The number of halogens is 2. The highest BCUT2D eigenvalue weighted by Gasteiger charge is 2.57. The number of carbonyl (C=O) groups is 1. The van der Waals surface area contributed by atoms with Gasteiger partial charge in [-0.05, 0) is 112 Å². The molecule has 0 radical (unpaired) electrons. The van der Waals surface area contributed by atoms with Gasteiger partial charge in [0, 0.05) is 44.1 Å². The van der Waals surface area contributed by atoms with Crippen LogP contribution >= 0.6 is 11.3 Å². The number of nitrogens with zero attached hydrogens (tertiary/aromatic N) is 2. The quantitative estimate of drug-likeness (QED) is 0.181. The topological polar surface area (TPSA) is 65.5 Å². The van der Waals surface area contributed by atoms with Gasteiger partial charge >= 0.3 is 0 Å². The molecular weight excluding hydrogens is 661 g/mol. The lowest BCUT2D eigenvalue weighted by molar-refractivity contribution is 0.102. The number of para-hydroxylation sites is 2. The SMILES string of the molecule is O=C1/C(=C/c2cc3c(s2)-c2ccc(N(c4ccccc4)c4ccccc4)cc2C32C3=CC=CNC3c3ncccc32)C(O)c2cc(F)c(F)cc21. The van der Waals surface area contributed by atoms with E-state index in [0.717, 1.165) is 72.5 Å². The average molecular weight is 688 g/mol. The third kappa shape index (κ3) is 4.14. The van der Waals surface area contributed by atoms with Crippen LogP contribution in [0.25, 0.3) is 16.5 Å². The Morgan fingerprint density at radius 1 is 0.804 bits per heavy atom. The molecule has 3 aliphatic carbocycles. The smallest absolute Gasteiger partial charge is 0.192 e. The molecule has 2 aromatic heterocycles. The van der Waals surface area contributed by atoms with Crippen LogP contribution in [0.5, 0.6) is 0 Å². The highest BCUT2D eigenvalue weighted by atomic mass is 32.1. The molecule has 246 valence electrons. The first-order valence-electron chi connectivity index (χ1n) is 16.7. The minimum absolute atomic E-state index is 0.0173. The van der Waals surface area contributed by atoms with Crippen LogP contribution in [0.4, 0.5) is 25.8 Å². The number of rotatable bonds is 4. The van der Waals surface area contributed by atoms with Crippen molar-refractivity contribution in [1.29, 1.82) is 0 Å². The Morgan fingerprint density at radius 2 is 1.55 bits per heavy atom. The Balaban J connectivity index is 1.20. The van der Waals surface area contributed by atoms with Crippen molar-refractivity contribution in [3.8, 4) is 10.4 Å². The van der Waals surface area contributed by atoms with Gasteiger partial charge in [0.1, 0.15) is 6.10 Å². The summed E-state index contributed by atoms with van der Waals surface area (Å²) in [7, 11) is 0. The number of pyridine rings is 1. The third-order valence-corrected chi connectivity index (χ3v) is 11.6. The Labute approximate surface area is 296 Å². The van der Waals surface area contributed by atoms with Gasteiger partial charge in [0.15, 0.2) is 17.4 Å². The van der Waals surface area contributed by atoms with Gasteiger partial charge in [-0.15, -0.1) is 11.3 Å². The molecule has 51 heavy (non-hydrogen) atoms. The maximum absolute atomic E-state index is 14.1. The monoisotopic (exact) mass is 687 g/mol. The summed E-state index contributed by atoms with van der Waals surface area (Å²) in [5, 5.41) is 14.7. The fraction of sp³-hybridized carbons (Fsp3) is 0.0698. The molecule has 10 rings (SSSR count). The Hall–Kier alpha value is -5.96. The van der Waals surface area contributed by atoms with Gasteiger partial charge in [-0.3, -0.25) is 9.78 Å². The van der Waals surface area contributed by atoms with E-state index in [9.17, 15) is 18.7 Å². The molecule has 1 aliphatic heterocycles. The molecule has 0 fully saturated rings. The van der Waals surface area contributed by atoms with Crippen LogP contribution in [0.2, 0.25) is 0 Å². The number of allylic oxidation sites excluding steroid dienone is 2. The maximum Gasteiger partial charge on any atom is 0.192 e. The first-order chi connectivity index (χ1) is 24.9. The molecule has 0 bridgehead atoms. The van der Waals surface area contributed by atoms with Crippen molar-refractivity contribution in [2.75, 3.05) is 4.90 Å². The number of fused-ring (bicyclic) bond motifs is 11. The van der Waals surface area contributed by atoms with Crippen molar-refractivity contribution < 1.29 is 18.7 Å². The molecule has 4 aromatic carbocycles. The highest BCUT2D eigenvalue weighted by molar-refractivity contribution is 7.16. The van der Waals surface area contributed by atoms with Crippen molar-refractivity contribution >= 4 is 40.3 Å². The molecule has 3 atom stereocenters. The van der Waals surface area contributed by atoms with E-state index in [0.29, 0.717) is 0 Å². The number of Topliss-reactive ketones (excluding diaryl/α,β-unsaturated/α-hetero) is 1. The fourth-order valence-electron chi connectivity index (χ4n) is 8.39. The minimum atomic E-state index is -1.36. The van der Waals surface area contributed by atoms with Crippen LogP contribution in [-0.4, -0.2) is 15.9 Å². The van der Waals surface area contributed by atoms with E-state index in [1.54, 1.807) is 6.08 Å². The van der Waals surface area contributed by atoms with Gasteiger partial charge in [-0.2, -0.15) is 0 Å². The Morgan fingerprint density at radius 3 is 2.31 bits per heavy atom. The number of nitrogens with one attached hydrogen (secondary N) is 1. The van der Waals surface area contributed by atoms with Crippen molar-refractivity contribution in [3.05, 3.63) is 195 Å². The number of carbonyl (C=O) groups excluding carboxylic acids is 1. The Bertz CT molecular complexity index is 2500. The van der Waals surface area contributed by atoms with Gasteiger partial charge < -0.3 is 15.3 Å². The van der Waals surface area contributed by atoms with Crippen LogP contribution in [0.3, 0.4) is 0 Å². The lowest BCUT2D eigenvalue weighted by atomic mass is 9.70. The zero-order chi connectivity index (χ0) is 34.4. The van der Waals surface area contributed by atoms with Crippen LogP contribution in [0.15, 0.2) is 145 Å². The summed E-state index contributed by atoms with van der Waals surface area (Å²) in [5.41, 5.74) is 8.97. The van der Waals surface area contributed by atoms with Crippen molar-refractivity contribution in [3.63, 3.8) is 0 Å². The number of hydrogen-bond acceptors (Lipinski definition) is 6. The van der Waals surface area contributed by atoms with Crippen molar-refractivity contribution in [2.24, 2.45) is 0 Å². The van der Waals surface area contributed by atoms with Gasteiger partial charge in [0.2, 0.25) is 0 Å². The van der Waals surface area contributed by atoms with E-state index in [1.165, 1.54) is 11.3 Å². The number of thiophene rings is 1. The number of aliphatic hydroxyl groups is 1. The molecule has 0 saturated heterocycles. The average Bonchev–Trinajstić information content (AvgIpc) is 3.85. The zero-order valence-corrected chi connectivity index (χ0v) is 27.7. The maximum atomic E-state index is 14.1. The van der Waals surface area contributed by atoms with Crippen LogP contribution < -0.4 is 10.2 Å². The zero-order valence-electron chi connectivity index (χ0n) is 26.8. The predicted octanol–water partition coefficient (Wildman–Crippen LogP) is 9.62. The van der Waals surface area contributed by atoms with Crippen molar-refractivity contribution in [2.45, 2.75) is 17.6 Å². The van der Waals surface area contributed by atoms with Crippen molar-refractivity contribution in [1.82, 2.24) is 10.3 Å². The molecule has 8 heteroatoms. The first kappa shape index (κ1) is 29.9. The van der Waals surface area contributed by atoms with Gasteiger partial charge in [-0.25, -0.2) is 8.78 Å². The molecule has 0 amide bonds. The lowest BCUT2D eigenvalue weighted by Gasteiger charge is -2.33. The van der Waals surface area contributed by atoms with Crippen LogP contribution in [-0.2, 0) is 5.41 Å². The summed E-state index contributed by atoms with van der Waals surface area (Å²) in [5.74, 6) is -2.72. The summed E-state index contributed by atoms with van der Waals surface area (Å²) in [6.07, 6.45) is 8.30. The molecule has 3 unspecified atom stereocenters. The third-order valence-electron chi connectivity index (χ3n) is 10.5. The summed E-state index contributed by atoms with van der Waals surface area (Å²) < 4.78 is 28.3. The van der Waals surface area contributed by atoms with E-state index in [1.807, 2.05) is 60.9 Å². The van der Waals surface area contributed by atoms with E-state index in [2.05, 4.69) is 70.9 Å². The lowest BCUT2D eigenvalue weighted by Crippen LogP contribution is -2.29. The number of aromatic nitrogens is 1. The second-order valence-electron chi connectivity index (χ2n) is 13.1. The molecule has 1 spiro atoms. The first-order valence-corrected chi connectivity index (χ1v) is 17.5. The second-order valence-corrected chi connectivity index (χ2v) is 14.2. The van der Waals surface area contributed by atoms with Crippen LogP contribution in [0.1, 0.15) is 55.3 Å². The standard InChI is InChI=1S/C43H27F2N3O2S/c44-36-22-29-30(23-37(36)45)41(50)31(40(29)49)20-27-21-35-42(51-27)28-16-15-26(48(24-9-3-1-4-10-24)25-11-5-2-6-12-25)19-34(28)43(35)32-13-7-17-46-38(32)39-33(43)14-8-18-47-39/h1-23,38,40,46,49H/b31-20+. The minimum Gasteiger partial charge on any atom is -0.383 e. The summed E-state index contributed by atoms with van der Waals surface area (Å²) in [6, 6.07) is 35.1. The number of aliphatic hydroxyl groups excluding tert-OH is 1. The highest BCUT2D eigenvalue weighted by Crippen LogP contribution is 2.65. The van der Waals surface area contributed by atoms with Gasteiger partial charge in [0.25, 0.3) is 0 Å². The van der Waals surface area contributed by atoms with Gasteiger partial charge in [-0.1, -0.05) is 54.6 Å². The number of benzene rings is 4. The molecule has 2 N–H and O–H groups in total. The number of anilines is 3. The summed E-state index contributed by atoms with van der Waals surface area (Å²) in [4.78, 5) is 22.4. The summed E-state index contributed by atoms with van der Waals surface area (Å²) >= 11 is 1.53.